The second kappa shape index (κ2) is 9.47. The number of hydrogen-bond acceptors (Lipinski definition) is 6. The highest BCUT2D eigenvalue weighted by Crippen LogP contribution is 2.22. The van der Waals surface area contributed by atoms with Crippen LogP contribution in [0.1, 0.15) is 41.4 Å². The van der Waals surface area contributed by atoms with E-state index in [1.807, 2.05) is 31.2 Å². The van der Waals surface area contributed by atoms with Crippen LogP contribution < -0.4 is 10.6 Å². The fourth-order valence-corrected chi connectivity index (χ4v) is 3.20. The molecule has 0 atom stereocenters. The smallest absolute Gasteiger partial charge is 0.291 e. The van der Waals surface area contributed by atoms with Gasteiger partial charge in [-0.15, -0.1) is 10.2 Å². The Balaban J connectivity index is 1.40. The second-order valence-corrected chi connectivity index (χ2v) is 7.93. The first-order chi connectivity index (χ1) is 15.9. The van der Waals surface area contributed by atoms with E-state index < -0.39 is 0 Å². The van der Waals surface area contributed by atoms with Gasteiger partial charge in [0.15, 0.2) is 5.76 Å². The molecule has 0 aliphatic carbocycles. The number of carbonyl (C=O) groups excluding carboxylic acids is 2. The predicted octanol–water partition coefficient (Wildman–Crippen LogP) is 4.26. The average molecular weight is 444 g/mol. The molecular weight excluding hydrogens is 420 g/mol. The highest BCUT2D eigenvalue weighted by molar-refractivity contribution is 6.02. The lowest BCUT2D eigenvalue weighted by molar-refractivity contribution is -0.117. The summed E-state index contributed by atoms with van der Waals surface area (Å²) in [5.41, 5.74) is 4.01. The molecule has 2 aromatic heterocycles. The van der Waals surface area contributed by atoms with Gasteiger partial charge in [0.05, 0.1) is 6.26 Å². The molecule has 0 saturated heterocycles. The van der Waals surface area contributed by atoms with Crippen molar-refractivity contribution in [3.8, 4) is 11.4 Å². The zero-order valence-corrected chi connectivity index (χ0v) is 18.6. The maximum absolute atomic E-state index is 12.6. The SMILES string of the molecule is Cc1ccc(NC(=O)c2ccco2)cc1NC(=O)Cn1nnc(-c2ccc(C(C)C)cc2)n1. The van der Waals surface area contributed by atoms with Crippen LogP contribution in [0, 0.1) is 6.92 Å². The molecule has 2 N–H and O–H groups in total. The monoisotopic (exact) mass is 444 g/mol. The summed E-state index contributed by atoms with van der Waals surface area (Å²) in [4.78, 5) is 26.0. The first-order valence-electron chi connectivity index (χ1n) is 10.5. The van der Waals surface area contributed by atoms with Crippen molar-refractivity contribution in [2.45, 2.75) is 33.2 Å². The summed E-state index contributed by atoms with van der Waals surface area (Å²) >= 11 is 0. The largest absolute Gasteiger partial charge is 0.459 e. The number of benzene rings is 2. The lowest BCUT2D eigenvalue weighted by Gasteiger charge is -2.11. The molecule has 9 heteroatoms. The third kappa shape index (κ3) is 5.32. The molecule has 9 nitrogen and oxygen atoms in total. The molecule has 0 radical (unpaired) electrons. The maximum atomic E-state index is 12.6. The molecule has 2 amide bonds. The standard InChI is InChI=1S/C24H24N6O3/c1-15(2)17-7-9-18(10-8-17)23-27-29-30(28-23)14-22(31)26-20-13-19(11-6-16(20)3)25-24(32)21-5-4-12-33-21/h4-13,15H,14H2,1-3H3,(H,25,32)(H,26,31). The Morgan fingerprint density at radius 3 is 2.55 bits per heavy atom. The maximum Gasteiger partial charge on any atom is 0.291 e. The summed E-state index contributed by atoms with van der Waals surface area (Å²) < 4.78 is 5.10. The van der Waals surface area contributed by atoms with E-state index in [0.29, 0.717) is 23.1 Å². The van der Waals surface area contributed by atoms with Crippen molar-refractivity contribution in [2.24, 2.45) is 0 Å². The van der Waals surface area contributed by atoms with Gasteiger partial charge < -0.3 is 15.1 Å². The van der Waals surface area contributed by atoms with Crippen molar-refractivity contribution in [1.82, 2.24) is 20.2 Å². The van der Waals surface area contributed by atoms with Crippen LogP contribution in [-0.2, 0) is 11.3 Å². The van der Waals surface area contributed by atoms with Crippen molar-refractivity contribution >= 4 is 23.2 Å². The minimum absolute atomic E-state index is 0.0977. The number of anilines is 2. The number of amides is 2. The lowest BCUT2D eigenvalue weighted by Crippen LogP contribution is -2.21. The van der Waals surface area contributed by atoms with Gasteiger partial charge in [0.2, 0.25) is 11.7 Å². The number of carbonyl (C=O) groups is 2. The van der Waals surface area contributed by atoms with Crippen molar-refractivity contribution in [3.63, 3.8) is 0 Å². The van der Waals surface area contributed by atoms with Crippen molar-refractivity contribution in [1.29, 1.82) is 0 Å². The van der Waals surface area contributed by atoms with E-state index in [1.54, 1.807) is 30.3 Å². The van der Waals surface area contributed by atoms with Gasteiger partial charge in [-0.1, -0.05) is 44.2 Å². The van der Waals surface area contributed by atoms with E-state index >= 15 is 0 Å². The highest BCUT2D eigenvalue weighted by atomic mass is 16.3. The van der Waals surface area contributed by atoms with Crippen molar-refractivity contribution < 1.29 is 14.0 Å². The summed E-state index contributed by atoms with van der Waals surface area (Å²) in [6.45, 7) is 6.03. The molecule has 0 aliphatic rings. The molecule has 2 heterocycles. The van der Waals surface area contributed by atoms with Gasteiger partial charge >= 0.3 is 0 Å². The third-order valence-corrected chi connectivity index (χ3v) is 5.09. The fourth-order valence-electron chi connectivity index (χ4n) is 3.20. The predicted molar refractivity (Wildman–Crippen MR) is 124 cm³/mol. The summed E-state index contributed by atoms with van der Waals surface area (Å²) in [7, 11) is 0. The van der Waals surface area contributed by atoms with E-state index in [4.69, 9.17) is 4.42 Å². The van der Waals surface area contributed by atoms with Gasteiger partial charge in [-0.05, 0) is 53.4 Å². The molecule has 0 saturated carbocycles. The van der Waals surface area contributed by atoms with Crippen LogP contribution in [0.2, 0.25) is 0 Å². The normalized spacial score (nSPS) is 10.9. The Bertz CT molecular complexity index is 1260. The van der Waals surface area contributed by atoms with Crippen LogP contribution in [0.5, 0.6) is 0 Å². The molecule has 4 aromatic rings. The number of aryl methyl sites for hydroxylation is 1. The van der Waals surface area contributed by atoms with E-state index in [9.17, 15) is 9.59 Å². The number of nitrogens with zero attached hydrogens (tertiary/aromatic N) is 4. The molecular formula is C24H24N6O3. The topological polar surface area (TPSA) is 115 Å². The Morgan fingerprint density at radius 1 is 1.06 bits per heavy atom. The van der Waals surface area contributed by atoms with Gasteiger partial charge in [-0.2, -0.15) is 4.80 Å². The van der Waals surface area contributed by atoms with E-state index in [1.165, 1.54) is 16.6 Å². The lowest BCUT2D eigenvalue weighted by atomic mass is 10.0. The molecule has 2 aromatic carbocycles. The zero-order valence-electron chi connectivity index (χ0n) is 18.6. The zero-order chi connectivity index (χ0) is 23.4. The van der Waals surface area contributed by atoms with E-state index in [2.05, 4.69) is 39.9 Å². The molecule has 0 aliphatic heterocycles. The van der Waals surface area contributed by atoms with Crippen LogP contribution in [0.25, 0.3) is 11.4 Å². The Morgan fingerprint density at radius 2 is 1.85 bits per heavy atom. The highest BCUT2D eigenvalue weighted by Gasteiger charge is 2.13. The summed E-state index contributed by atoms with van der Waals surface area (Å²) in [6, 6.07) is 16.4. The summed E-state index contributed by atoms with van der Waals surface area (Å²) in [5.74, 6) is 0.408. The molecule has 0 bridgehead atoms. The Hall–Kier alpha value is -4.27. The minimum atomic E-state index is -0.373. The van der Waals surface area contributed by atoms with Gasteiger partial charge in [-0.25, -0.2) is 0 Å². The van der Waals surface area contributed by atoms with Crippen LogP contribution in [0.4, 0.5) is 11.4 Å². The minimum Gasteiger partial charge on any atom is -0.459 e. The average Bonchev–Trinajstić information content (AvgIpc) is 3.49. The summed E-state index contributed by atoms with van der Waals surface area (Å²) in [5, 5.41) is 17.9. The van der Waals surface area contributed by atoms with E-state index in [0.717, 1.165) is 11.1 Å². The first kappa shape index (κ1) is 21.9. The quantitative estimate of drug-likeness (QED) is 0.440. The molecule has 0 spiro atoms. The Labute approximate surface area is 190 Å². The van der Waals surface area contributed by atoms with Crippen LogP contribution >= 0.6 is 0 Å². The van der Waals surface area contributed by atoms with Crippen molar-refractivity contribution in [3.05, 3.63) is 77.7 Å². The van der Waals surface area contributed by atoms with E-state index in [-0.39, 0.29) is 24.1 Å². The van der Waals surface area contributed by atoms with Gasteiger partial charge in [0.25, 0.3) is 5.91 Å². The third-order valence-electron chi connectivity index (χ3n) is 5.09. The van der Waals surface area contributed by atoms with Crippen LogP contribution in [-0.4, -0.2) is 32.0 Å². The van der Waals surface area contributed by atoms with Crippen LogP contribution in [0.3, 0.4) is 0 Å². The van der Waals surface area contributed by atoms with Gasteiger partial charge in [-0.3, -0.25) is 9.59 Å². The number of nitrogens with one attached hydrogen (secondary N) is 2. The Kier molecular flexibility index (Phi) is 6.30. The number of tetrazole rings is 1. The fraction of sp³-hybridized carbons (Fsp3) is 0.208. The molecule has 0 unspecified atom stereocenters. The van der Waals surface area contributed by atoms with Gasteiger partial charge in [0.1, 0.15) is 6.54 Å². The molecule has 0 fully saturated rings. The van der Waals surface area contributed by atoms with Crippen LogP contribution in [0.15, 0.2) is 65.3 Å². The molecule has 4 rings (SSSR count). The number of furan rings is 1. The molecule has 33 heavy (non-hydrogen) atoms. The number of hydrogen-bond donors (Lipinski definition) is 2. The number of aromatic nitrogens is 4. The molecule has 168 valence electrons. The van der Waals surface area contributed by atoms with Crippen molar-refractivity contribution in [2.75, 3.05) is 10.6 Å². The first-order valence-corrected chi connectivity index (χ1v) is 10.5. The number of rotatable bonds is 7. The second-order valence-electron chi connectivity index (χ2n) is 7.93. The van der Waals surface area contributed by atoms with Gasteiger partial charge in [0, 0.05) is 16.9 Å². The summed E-state index contributed by atoms with van der Waals surface area (Å²) in [6.07, 6.45) is 1.43.